The SMILES string of the molecule is CC(=O)Oc1ccc(OC(C)=O)c(-c2ccccc2)c1. The van der Waals surface area contributed by atoms with Crippen molar-refractivity contribution in [3.05, 3.63) is 48.5 Å². The molecule has 0 atom stereocenters. The molecule has 102 valence electrons. The second kappa shape index (κ2) is 6.02. The van der Waals surface area contributed by atoms with Crippen molar-refractivity contribution in [2.45, 2.75) is 13.8 Å². The maximum Gasteiger partial charge on any atom is 0.308 e. The average Bonchev–Trinajstić information content (AvgIpc) is 2.40. The van der Waals surface area contributed by atoms with Gasteiger partial charge in [-0.2, -0.15) is 0 Å². The highest BCUT2D eigenvalue weighted by Crippen LogP contribution is 2.33. The van der Waals surface area contributed by atoms with Crippen LogP contribution in [0.25, 0.3) is 11.1 Å². The number of carbonyl (C=O) groups excluding carboxylic acids is 2. The maximum atomic E-state index is 11.2. The topological polar surface area (TPSA) is 52.6 Å². The minimum absolute atomic E-state index is 0.399. The zero-order valence-electron chi connectivity index (χ0n) is 11.3. The lowest BCUT2D eigenvalue weighted by Gasteiger charge is -2.11. The summed E-state index contributed by atoms with van der Waals surface area (Å²) >= 11 is 0. The first kappa shape index (κ1) is 13.8. The van der Waals surface area contributed by atoms with Crippen LogP contribution in [0.15, 0.2) is 48.5 Å². The van der Waals surface area contributed by atoms with Crippen molar-refractivity contribution < 1.29 is 19.1 Å². The molecule has 0 unspecified atom stereocenters. The van der Waals surface area contributed by atoms with Crippen LogP contribution in [0.1, 0.15) is 13.8 Å². The lowest BCUT2D eigenvalue weighted by molar-refractivity contribution is -0.133. The molecule has 0 radical (unpaired) electrons. The van der Waals surface area contributed by atoms with Gasteiger partial charge >= 0.3 is 11.9 Å². The Morgan fingerprint density at radius 3 is 2.10 bits per heavy atom. The van der Waals surface area contributed by atoms with Crippen molar-refractivity contribution in [2.75, 3.05) is 0 Å². The molecule has 0 bridgehead atoms. The van der Waals surface area contributed by atoms with Crippen LogP contribution in [-0.2, 0) is 9.59 Å². The Kier molecular flexibility index (Phi) is 4.15. The van der Waals surface area contributed by atoms with Crippen LogP contribution in [0.2, 0.25) is 0 Å². The summed E-state index contributed by atoms with van der Waals surface area (Å²) in [5.41, 5.74) is 1.57. The number of carbonyl (C=O) groups is 2. The summed E-state index contributed by atoms with van der Waals surface area (Å²) in [4.78, 5) is 22.2. The number of hydrogen-bond donors (Lipinski definition) is 0. The molecular weight excluding hydrogens is 256 g/mol. The Morgan fingerprint density at radius 2 is 1.50 bits per heavy atom. The first-order chi connectivity index (χ1) is 9.56. The Morgan fingerprint density at radius 1 is 0.850 bits per heavy atom. The molecule has 0 amide bonds. The van der Waals surface area contributed by atoms with E-state index in [0.717, 1.165) is 5.56 Å². The van der Waals surface area contributed by atoms with E-state index in [-0.39, 0.29) is 0 Å². The first-order valence-electron chi connectivity index (χ1n) is 6.12. The minimum atomic E-state index is -0.401. The summed E-state index contributed by atoms with van der Waals surface area (Å²) in [6.07, 6.45) is 0. The molecule has 0 saturated carbocycles. The monoisotopic (exact) mass is 270 g/mol. The third kappa shape index (κ3) is 3.45. The molecule has 4 heteroatoms. The third-order valence-corrected chi connectivity index (χ3v) is 2.55. The van der Waals surface area contributed by atoms with E-state index < -0.39 is 11.9 Å². The molecule has 2 aromatic rings. The van der Waals surface area contributed by atoms with Gasteiger partial charge in [0.15, 0.2) is 0 Å². The van der Waals surface area contributed by atoms with Gasteiger partial charge in [0, 0.05) is 19.4 Å². The number of ether oxygens (including phenoxy) is 2. The molecule has 2 rings (SSSR count). The number of hydrogen-bond acceptors (Lipinski definition) is 4. The quantitative estimate of drug-likeness (QED) is 0.635. The Hall–Kier alpha value is -2.62. The predicted molar refractivity (Wildman–Crippen MR) is 74.5 cm³/mol. The van der Waals surface area contributed by atoms with Gasteiger partial charge in [-0.15, -0.1) is 0 Å². The normalized spacial score (nSPS) is 9.90. The van der Waals surface area contributed by atoms with Crippen LogP contribution in [0.4, 0.5) is 0 Å². The van der Waals surface area contributed by atoms with Gasteiger partial charge in [0.2, 0.25) is 0 Å². The number of benzene rings is 2. The molecule has 0 aliphatic rings. The molecule has 2 aromatic carbocycles. The van der Waals surface area contributed by atoms with E-state index in [9.17, 15) is 9.59 Å². The average molecular weight is 270 g/mol. The molecule has 20 heavy (non-hydrogen) atoms. The fraction of sp³-hybridized carbons (Fsp3) is 0.125. The van der Waals surface area contributed by atoms with Gasteiger partial charge in [-0.25, -0.2) is 0 Å². The van der Waals surface area contributed by atoms with Crippen LogP contribution in [0.3, 0.4) is 0 Å². The van der Waals surface area contributed by atoms with Crippen LogP contribution >= 0.6 is 0 Å². The summed E-state index contributed by atoms with van der Waals surface area (Å²) in [7, 11) is 0. The summed E-state index contributed by atoms with van der Waals surface area (Å²) in [5.74, 6) is 0.0403. The smallest absolute Gasteiger partial charge is 0.308 e. The summed E-state index contributed by atoms with van der Waals surface area (Å²) in [6.45, 7) is 2.68. The van der Waals surface area contributed by atoms with Crippen LogP contribution in [0.5, 0.6) is 11.5 Å². The zero-order chi connectivity index (χ0) is 14.5. The Bertz CT molecular complexity index is 632. The van der Waals surface area contributed by atoms with Gasteiger partial charge in [-0.05, 0) is 23.8 Å². The molecule has 0 aliphatic carbocycles. The van der Waals surface area contributed by atoms with E-state index in [1.54, 1.807) is 18.2 Å². The standard InChI is InChI=1S/C16H14O4/c1-11(17)19-14-8-9-16(20-12(2)18)15(10-14)13-6-4-3-5-7-13/h3-10H,1-2H3. The highest BCUT2D eigenvalue weighted by molar-refractivity contribution is 5.78. The van der Waals surface area contributed by atoms with Crippen molar-refractivity contribution in [1.29, 1.82) is 0 Å². The lowest BCUT2D eigenvalue weighted by Crippen LogP contribution is -2.04. The van der Waals surface area contributed by atoms with Crippen LogP contribution in [-0.4, -0.2) is 11.9 Å². The van der Waals surface area contributed by atoms with E-state index >= 15 is 0 Å². The van der Waals surface area contributed by atoms with Crippen molar-refractivity contribution in [2.24, 2.45) is 0 Å². The number of rotatable bonds is 3. The minimum Gasteiger partial charge on any atom is -0.427 e. The Balaban J connectivity index is 2.48. The van der Waals surface area contributed by atoms with Crippen LogP contribution in [0, 0.1) is 0 Å². The predicted octanol–water partition coefficient (Wildman–Crippen LogP) is 3.20. The Labute approximate surface area is 116 Å². The number of esters is 2. The van der Waals surface area contributed by atoms with E-state index in [2.05, 4.69) is 0 Å². The summed E-state index contributed by atoms with van der Waals surface area (Å²) in [6, 6.07) is 14.3. The van der Waals surface area contributed by atoms with Gasteiger partial charge in [-0.1, -0.05) is 30.3 Å². The fourth-order valence-corrected chi connectivity index (χ4v) is 1.83. The zero-order valence-corrected chi connectivity index (χ0v) is 11.3. The van der Waals surface area contributed by atoms with Crippen LogP contribution < -0.4 is 9.47 Å². The molecule has 0 aromatic heterocycles. The second-order valence-corrected chi connectivity index (χ2v) is 4.21. The molecular formula is C16H14O4. The molecule has 0 fully saturated rings. The second-order valence-electron chi connectivity index (χ2n) is 4.21. The van der Waals surface area contributed by atoms with Gasteiger partial charge in [0.1, 0.15) is 11.5 Å². The molecule has 0 N–H and O–H groups in total. The molecule has 0 saturated heterocycles. The highest BCUT2D eigenvalue weighted by atomic mass is 16.5. The van der Waals surface area contributed by atoms with Crippen molar-refractivity contribution >= 4 is 11.9 Å². The summed E-state index contributed by atoms with van der Waals surface area (Å²) in [5, 5.41) is 0. The van der Waals surface area contributed by atoms with Gasteiger partial charge in [-0.3, -0.25) is 9.59 Å². The molecule has 0 spiro atoms. The van der Waals surface area contributed by atoms with Crippen molar-refractivity contribution in [3.63, 3.8) is 0 Å². The maximum absolute atomic E-state index is 11.2. The molecule has 0 heterocycles. The van der Waals surface area contributed by atoms with Gasteiger partial charge in [0.05, 0.1) is 0 Å². The molecule has 0 aliphatic heterocycles. The van der Waals surface area contributed by atoms with Crippen molar-refractivity contribution in [3.8, 4) is 22.6 Å². The van der Waals surface area contributed by atoms with E-state index in [0.29, 0.717) is 17.1 Å². The van der Waals surface area contributed by atoms with E-state index in [1.165, 1.54) is 13.8 Å². The summed E-state index contributed by atoms with van der Waals surface area (Å²) < 4.78 is 10.2. The molecule has 4 nitrogen and oxygen atoms in total. The van der Waals surface area contributed by atoms with Gasteiger partial charge < -0.3 is 9.47 Å². The fourth-order valence-electron chi connectivity index (χ4n) is 1.83. The lowest BCUT2D eigenvalue weighted by atomic mass is 10.0. The first-order valence-corrected chi connectivity index (χ1v) is 6.12. The largest absolute Gasteiger partial charge is 0.427 e. The van der Waals surface area contributed by atoms with E-state index in [4.69, 9.17) is 9.47 Å². The third-order valence-electron chi connectivity index (χ3n) is 2.55. The van der Waals surface area contributed by atoms with Gasteiger partial charge in [0.25, 0.3) is 0 Å². The van der Waals surface area contributed by atoms with E-state index in [1.807, 2.05) is 30.3 Å². The van der Waals surface area contributed by atoms with Crippen molar-refractivity contribution in [1.82, 2.24) is 0 Å². The highest BCUT2D eigenvalue weighted by Gasteiger charge is 2.11.